The van der Waals surface area contributed by atoms with E-state index in [-0.39, 0.29) is 0 Å². The summed E-state index contributed by atoms with van der Waals surface area (Å²) in [6.07, 6.45) is 6.96. The normalized spacial score (nSPS) is 26.1. The van der Waals surface area contributed by atoms with Gasteiger partial charge in [0.25, 0.3) is 0 Å². The van der Waals surface area contributed by atoms with Crippen LogP contribution in [0.5, 0.6) is 5.75 Å². The molecule has 1 aromatic rings. The van der Waals surface area contributed by atoms with Crippen LogP contribution in [0.25, 0.3) is 0 Å². The molecule has 1 aliphatic rings. The topological polar surface area (TPSA) is 22.1 Å². The van der Waals surface area contributed by atoms with Crippen LogP contribution in [0, 0.1) is 31.6 Å². The molecular formula is C18H28BrNO. The first kappa shape index (κ1) is 16.8. The maximum Gasteiger partial charge on any atom is 0.128 e. The van der Waals surface area contributed by atoms with Gasteiger partial charge in [-0.05, 0) is 57.3 Å². The monoisotopic (exact) mass is 353 g/mol. The summed E-state index contributed by atoms with van der Waals surface area (Å²) in [6, 6.07) is 0. The van der Waals surface area contributed by atoms with Gasteiger partial charge in [-0.3, -0.25) is 4.98 Å². The average molecular weight is 354 g/mol. The van der Waals surface area contributed by atoms with Crippen molar-refractivity contribution in [3.05, 3.63) is 23.0 Å². The minimum atomic E-state index is 0.626. The molecule has 3 unspecified atom stereocenters. The van der Waals surface area contributed by atoms with Gasteiger partial charge in [0.2, 0.25) is 0 Å². The Morgan fingerprint density at radius 3 is 2.67 bits per heavy atom. The maximum atomic E-state index is 5.54. The lowest BCUT2D eigenvalue weighted by molar-refractivity contribution is 0.221. The van der Waals surface area contributed by atoms with Gasteiger partial charge in [-0.1, -0.05) is 29.8 Å². The first-order valence-electron chi connectivity index (χ1n) is 8.07. The summed E-state index contributed by atoms with van der Waals surface area (Å²) in [7, 11) is 1.75. The Balaban J connectivity index is 2.16. The molecule has 3 atom stereocenters. The molecule has 0 amide bonds. The van der Waals surface area contributed by atoms with Gasteiger partial charge in [-0.25, -0.2) is 0 Å². The van der Waals surface area contributed by atoms with E-state index in [1.165, 1.54) is 30.5 Å². The van der Waals surface area contributed by atoms with Crippen molar-refractivity contribution in [3.8, 4) is 5.75 Å². The number of aromatic nitrogens is 1. The van der Waals surface area contributed by atoms with Crippen LogP contribution in [-0.4, -0.2) is 16.9 Å². The second-order valence-electron chi connectivity index (χ2n) is 6.84. The fraction of sp³-hybridized carbons (Fsp3) is 0.722. The van der Waals surface area contributed by atoms with Crippen LogP contribution in [0.1, 0.15) is 49.9 Å². The Kier molecular flexibility index (Phi) is 5.70. The molecule has 21 heavy (non-hydrogen) atoms. The predicted molar refractivity (Wildman–Crippen MR) is 92.4 cm³/mol. The number of nitrogens with zero attached hydrogens (tertiary/aromatic N) is 1. The van der Waals surface area contributed by atoms with E-state index in [9.17, 15) is 0 Å². The number of hydrogen-bond donors (Lipinski definition) is 0. The highest BCUT2D eigenvalue weighted by atomic mass is 79.9. The molecule has 0 aromatic carbocycles. The Bertz CT molecular complexity index is 486. The van der Waals surface area contributed by atoms with E-state index in [0.717, 1.165) is 29.6 Å². The number of halogens is 1. The van der Waals surface area contributed by atoms with E-state index in [4.69, 9.17) is 4.74 Å². The van der Waals surface area contributed by atoms with Crippen molar-refractivity contribution in [1.29, 1.82) is 0 Å². The van der Waals surface area contributed by atoms with E-state index in [1.807, 2.05) is 6.20 Å². The standard InChI is InChI=1S/C18H28BrNO/c1-11(2)14-6-7-16(19)15(8-14)9-17-13(4)18(21-5)12(3)10-20-17/h10-11,14-16H,6-9H2,1-5H3. The molecule has 0 radical (unpaired) electrons. The smallest absolute Gasteiger partial charge is 0.128 e. The van der Waals surface area contributed by atoms with Gasteiger partial charge >= 0.3 is 0 Å². The molecule has 118 valence electrons. The molecule has 0 saturated heterocycles. The van der Waals surface area contributed by atoms with Crippen LogP contribution >= 0.6 is 15.9 Å². The van der Waals surface area contributed by atoms with Crippen molar-refractivity contribution in [2.45, 2.75) is 58.2 Å². The highest BCUT2D eigenvalue weighted by Gasteiger charge is 2.31. The van der Waals surface area contributed by atoms with Crippen LogP contribution in [0.3, 0.4) is 0 Å². The largest absolute Gasteiger partial charge is 0.496 e. The summed E-state index contributed by atoms with van der Waals surface area (Å²) in [5.74, 6) is 3.33. The van der Waals surface area contributed by atoms with E-state index >= 15 is 0 Å². The first-order chi connectivity index (χ1) is 9.93. The number of ether oxygens (including phenoxy) is 1. The van der Waals surface area contributed by atoms with Crippen molar-refractivity contribution in [2.75, 3.05) is 7.11 Å². The van der Waals surface area contributed by atoms with Gasteiger partial charge in [0, 0.05) is 27.8 Å². The number of hydrogen-bond acceptors (Lipinski definition) is 2. The van der Waals surface area contributed by atoms with Gasteiger partial charge in [-0.15, -0.1) is 0 Å². The Morgan fingerprint density at radius 2 is 2.05 bits per heavy atom. The van der Waals surface area contributed by atoms with Crippen LogP contribution < -0.4 is 4.74 Å². The molecule has 2 rings (SSSR count). The molecule has 0 aliphatic heterocycles. The second kappa shape index (κ2) is 7.13. The summed E-state index contributed by atoms with van der Waals surface area (Å²) in [4.78, 5) is 5.31. The number of aryl methyl sites for hydroxylation is 1. The molecule has 3 heteroatoms. The van der Waals surface area contributed by atoms with Gasteiger partial charge in [-0.2, -0.15) is 0 Å². The fourth-order valence-corrected chi connectivity index (χ4v) is 4.27. The maximum absolute atomic E-state index is 5.54. The molecule has 2 nitrogen and oxygen atoms in total. The lowest BCUT2D eigenvalue weighted by Crippen LogP contribution is -2.29. The molecule has 0 N–H and O–H groups in total. The van der Waals surface area contributed by atoms with Crippen molar-refractivity contribution in [1.82, 2.24) is 4.98 Å². The summed E-state index contributed by atoms with van der Waals surface area (Å²) in [5, 5.41) is 0. The Hall–Kier alpha value is -0.570. The molecule has 0 bridgehead atoms. The number of alkyl halides is 1. The third-order valence-corrected chi connectivity index (χ3v) is 6.28. The highest BCUT2D eigenvalue weighted by Crippen LogP contribution is 2.39. The lowest BCUT2D eigenvalue weighted by Gasteiger charge is -2.35. The van der Waals surface area contributed by atoms with E-state index in [1.54, 1.807) is 7.11 Å². The second-order valence-corrected chi connectivity index (χ2v) is 8.02. The lowest BCUT2D eigenvalue weighted by atomic mass is 9.74. The molecule has 1 aromatic heterocycles. The first-order valence-corrected chi connectivity index (χ1v) is 8.98. The summed E-state index contributed by atoms with van der Waals surface area (Å²) in [5.41, 5.74) is 3.54. The van der Waals surface area contributed by atoms with Gasteiger partial charge in [0.05, 0.1) is 7.11 Å². The summed E-state index contributed by atoms with van der Waals surface area (Å²) >= 11 is 3.90. The minimum Gasteiger partial charge on any atom is -0.496 e. The quantitative estimate of drug-likeness (QED) is 0.703. The van der Waals surface area contributed by atoms with Gasteiger partial charge in [0.15, 0.2) is 0 Å². The number of methoxy groups -OCH3 is 1. The molecule has 1 saturated carbocycles. The Morgan fingerprint density at radius 1 is 1.33 bits per heavy atom. The molecular weight excluding hydrogens is 326 g/mol. The van der Waals surface area contributed by atoms with Crippen LogP contribution in [-0.2, 0) is 6.42 Å². The van der Waals surface area contributed by atoms with E-state index in [0.29, 0.717) is 10.7 Å². The molecule has 1 aliphatic carbocycles. The number of pyridine rings is 1. The third-order valence-electron chi connectivity index (χ3n) is 5.08. The Labute approximate surface area is 137 Å². The van der Waals surface area contributed by atoms with Crippen molar-refractivity contribution < 1.29 is 4.74 Å². The van der Waals surface area contributed by atoms with Crippen molar-refractivity contribution in [2.24, 2.45) is 17.8 Å². The third kappa shape index (κ3) is 3.80. The zero-order chi connectivity index (χ0) is 15.6. The minimum absolute atomic E-state index is 0.626. The molecule has 1 heterocycles. The summed E-state index contributed by atoms with van der Waals surface area (Å²) < 4.78 is 5.54. The van der Waals surface area contributed by atoms with Crippen molar-refractivity contribution in [3.63, 3.8) is 0 Å². The van der Waals surface area contributed by atoms with Gasteiger partial charge in [0.1, 0.15) is 5.75 Å². The highest BCUT2D eigenvalue weighted by molar-refractivity contribution is 9.09. The summed E-state index contributed by atoms with van der Waals surface area (Å²) in [6.45, 7) is 8.91. The predicted octanol–water partition coefficient (Wildman–Crippen LogP) is 5.09. The van der Waals surface area contributed by atoms with Crippen LogP contribution in [0.4, 0.5) is 0 Å². The average Bonchev–Trinajstić information content (AvgIpc) is 2.44. The zero-order valence-electron chi connectivity index (χ0n) is 13.9. The fourth-order valence-electron chi connectivity index (χ4n) is 3.61. The van der Waals surface area contributed by atoms with Crippen LogP contribution in [0.15, 0.2) is 6.20 Å². The van der Waals surface area contributed by atoms with Crippen LogP contribution in [0.2, 0.25) is 0 Å². The number of rotatable bonds is 4. The molecule has 1 fully saturated rings. The zero-order valence-corrected chi connectivity index (χ0v) is 15.5. The van der Waals surface area contributed by atoms with E-state index in [2.05, 4.69) is 48.6 Å². The van der Waals surface area contributed by atoms with Crippen molar-refractivity contribution >= 4 is 15.9 Å². The van der Waals surface area contributed by atoms with Gasteiger partial charge < -0.3 is 4.74 Å². The molecule has 0 spiro atoms. The SMILES string of the molecule is COc1c(C)cnc(CC2CC(C(C)C)CCC2Br)c1C. The van der Waals surface area contributed by atoms with E-state index < -0.39 is 0 Å².